The highest BCUT2D eigenvalue weighted by molar-refractivity contribution is 7.91. The Labute approximate surface area is 124 Å². The second kappa shape index (κ2) is 6.59. The minimum atomic E-state index is -3.30. The van der Waals surface area contributed by atoms with Crippen LogP contribution in [0.15, 0.2) is 34.3 Å². The second-order valence-electron chi connectivity index (χ2n) is 5.10. The van der Waals surface area contributed by atoms with Gasteiger partial charge < -0.3 is 5.21 Å². The first-order chi connectivity index (χ1) is 9.53. The van der Waals surface area contributed by atoms with Crippen molar-refractivity contribution in [2.24, 2.45) is 11.1 Å². The van der Waals surface area contributed by atoms with Crippen LogP contribution in [0.5, 0.6) is 0 Å². The maximum absolute atomic E-state index is 12.2. The molecule has 6 heteroatoms. The monoisotopic (exact) mass is 315 g/mol. The van der Waals surface area contributed by atoms with Gasteiger partial charge >= 0.3 is 0 Å². The summed E-state index contributed by atoms with van der Waals surface area (Å²) in [5.41, 5.74) is 0.738. The van der Waals surface area contributed by atoms with Crippen molar-refractivity contribution in [1.29, 1.82) is 0 Å². The Morgan fingerprint density at radius 2 is 1.95 bits per heavy atom. The molecule has 0 amide bonds. The van der Waals surface area contributed by atoms with Gasteiger partial charge in [-0.2, -0.15) is 0 Å². The molecular weight excluding hydrogens is 298 g/mol. The fourth-order valence-electron chi connectivity index (χ4n) is 2.57. The lowest BCUT2D eigenvalue weighted by atomic mass is 9.85. The zero-order valence-corrected chi connectivity index (χ0v) is 12.7. The average Bonchev–Trinajstić information content (AvgIpc) is 2.46. The van der Waals surface area contributed by atoms with E-state index in [9.17, 15) is 8.42 Å². The van der Waals surface area contributed by atoms with Gasteiger partial charge in [0.15, 0.2) is 9.84 Å². The number of benzene rings is 1. The van der Waals surface area contributed by atoms with Gasteiger partial charge in [0.2, 0.25) is 0 Å². The van der Waals surface area contributed by atoms with Crippen LogP contribution in [0.2, 0.25) is 5.02 Å². The first-order valence-corrected chi connectivity index (χ1v) is 8.75. The molecule has 1 aromatic carbocycles. The fraction of sp³-hybridized carbons (Fsp3) is 0.500. The van der Waals surface area contributed by atoms with Gasteiger partial charge in [-0.15, -0.1) is 0 Å². The second-order valence-corrected chi connectivity index (χ2v) is 7.64. The van der Waals surface area contributed by atoms with Crippen LogP contribution in [0.25, 0.3) is 0 Å². The summed E-state index contributed by atoms with van der Waals surface area (Å²) < 4.78 is 24.5. The van der Waals surface area contributed by atoms with E-state index >= 15 is 0 Å². The molecule has 1 fully saturated rings. The van der Waals surface area contributed by atoms with Crippen LogP contribution in [-0.4, -0.2) is 25.1 Å². The Balaban J connectivity index is 2.03. The number of rotatable bonds is 4. The molecule has 1 unspecified atom stereocenters. The summed E-state index contributed by atoms with van der Waals surface area (Å²) in [7, 11) is -3.30. The van der Waals surface area contributed by atoms with E-state index in [1.807, 2.05) is 0 Å². The molecule has 0 aromatic heterocycles. The maximum atomic E-state index is 12.2. The lowest BCUT2D eigenvalue weighted by Crippen LogP contribution is -2.22. The van der Waals surface area contributed by atoms with E-state index in [1.54, 1.807) is 12.1 Å². The van der Waals surface area contributed by atoms with Crippen LogP contribution in [0.4, 0.5) is 0 Å². The third kappa shape index (κ3) is 3.73. The average molecular weight is 316 g/mol. The van der Waals surface area contributed by atoms with Gasteiger partial charge in [-0.3, -0.25) is 0 Å². The van der Waals surface area contributed by atoms with Gasteiger partial charge in [0.25, 0.3) is 0 Å². The Bertz CT molecular complexity index is 581. The highest BCUT2D eigenvalue weighted by Crippen LogP contribution is 2.26. The minimum Gasteiger partial charge on any atom is -0.411 e. The van der Waals surface area contributed by atoms with E-state index in [1.165, 1.54) is 12.1 Å². The SMILES string of the molecule is O=S(=O)(CCC1CCCC/C1=N\O)c1ccc(Cl)cc1. The van der Waals surface area contributed by atoms with Crippen molar-refractivity contribution in [3.05, 3.63) is 29.3 Å². The summed E-state index contributed by atoms with van der Waals surface area (Å²) in [6, 6.07) is 6.21. The molecule has 0 saturated heterocycles. The zero-order chi connectivity index (χ0) is 14.6. The number of halogens is 1. The number of sulfone groups is 1. The third-order valence-corrected chi connectivity index (χ3v) is 5.76. The number of nitrogens with zero attached hydrogens (tertiary/aromatic N) is 1. The Morgan fingerprint density at radius 3 is 2.60 bits per heavy atom. The van der Waals surface area contributed by atoms with Gasteiger partial charge in [-0.05, 0) is 49.9 Å². The molecule has 0 spiro atoms. The van der Waals surface area contributed by atoms with E-state index in [0.29, 0.717) is 16.3 Å². The van der Waals surface area contributed by atoms with Crippen molar-refractivity contribution in [1.82, 2.24) is 0 Å². The summed E-state index contributed by atoms with van der Waals surface area (Å²) >= 11 is 5.76. The first kappa shape index (κ1) is 15.3. The van der Waals surface area contributed by atoms with Crippen molar-refractivity contribution in [3.63, 3.8) is 0 Å². The van der Waals surface area contributed by atoms with E-state index < -0.39 is 9.84 Å². The predicted molar refractivity (Wildman–Crippen MR) is 79.3 cm³/mol. The van der Waals surface area contributed by atoms with Crippen molar-refractivity contribution >= 4 is 27.1 Å². The zero-order valence-electron chi connectivity index (χ0n) is 11.1. The van der Waals surface area contributed by atoms with Crippen molar-refractivity contribution in [2.75, 3.05) is 5.75 Å². The molecular formula is C14H18ClNO3S. The van der Waals surface area contributed by atoms with Gasteiger partial charge in [0.05, 0.1) is 16.4 Å². The summed E-state index contributed by atoms with van der Waals surface area (Å²) in [6.07, 6.45) is 4.24. The minimum absolute atomic E-state index is 0.0678. The van der Waals surface area contributed by atoms with Gasteiger partial charge in [0.1, 0.15) is 0 Å². The molecule has 1 aliphatic carbocycles. The summed E-state index contributed by atoms with van der Waals surface area (Å²) in [5.74, 6) is 0.147. The molecule has 110 valence electrons. The Morgan fingerprint density at radius 1 is 1.25 bits per heavy atom. The number of oxime groups is 1. The molecule has 2 rings (SSSR count). The van der Waals surface area contributed by atoms with Crippen molar-refractivity contribution in [3.8, 4) is 0 Å². The number of hydrogen-bond donors (Lipinski definition) is 1. The van der Waals surface area contributed by atoms with E-state index in [0.717, 1.165) is 31.4 Å². The summed E-state index contributed by atoms with van der Waals surface area (Å²) in [5, 5.41) is 12.8. The molecule has 1 aromatic rings. The lowest BCUT2D eigenvalue weighted by molar-refractivity contribution is 0.308. The smallest absolute Gasteiger partial charge is 0.178 e. The maximum Gasteiger partial charge on any atom is 0.178 e. The molecule has 20 heavy (non-hydrogen) atoms. The Kier molecular flexibility index (Phi) is 5.05. The lowest BCUT2D eigenvalue weighted by Gasteiger charge is -2.22. The highest BCUT2D eigenvalue weighted by atomic mass is 35.5. The molecule has 1 atom stereocenters. The fourth-order valence-corrected chi connectivity index (χ4v) is 4.07. The largest absolute Gasteiger partial charge is 0.411 e. The van der Waals surface area contributed by atoms with Crippen molar-refractivity contribution in [2.45, 2.75) is 37.0 Å². The van der Waals surface area contributed by atoms with Crippen molar-refractivity contribution < 1.29 is 13.6 Å². The van der Waals surface area contributed by atoms with Crippen LogP contribution < -0.4 is 0 Å². The van der Waals surface area contributed by atoms with Gasteiger partial charge in [-0.25, -0.2) is 8.42 Å². The topological polar surface area (TPSA) is 66.7 Å². The quantitative estimate of drug-likeness (QED) is 0.682. The highest BCUT2D eigenvalue weighted by Gasteiger charge is 2.24. The molecule has 0 radical (unpaired) electrons. The summed E-state index contributed by atoms with van der Waals surface area (Å²) in [6.45, 7) is 0. The standard InChI is InChI=1S/C14H18ClNO3S/c15-12-5-7-13(8-6-12)20(18,19)10-9-11-3-1-2-4-14(11)16-17/h5-8,11,17H,1-4,9-10H2/b16-14+. The normalized spacial score (nSPS) is 22.1. The first-order valence-electron chi connectivity index (χ1n) is 6.72. The molecule has 4 nitrogen and oxygen atoms in total. The van der Waals surface area contributed by atoms with Crippen LogP contribution >= 0.6 is 11.6 Å². The molecule has 0 aliphatic heterocycles. The van der Waals surface area contributed by atoms with Gasteiger partial charge in [0, 0.05) is 10.9 Å². The van der Waals surface area contributed by atoms with Gasteiger partial charge in [-0.1, -0.05) is 23.2 Å². The Hall–Kier alpha value is -1.07. The number of hydrogen-bond acceptors (Lipinski definition) is 4. The van der Waals surface area contributed by atoms with Crippen LogP contribution in [0.1, 0.15) is 32.1 Å². The molecule has 0 bridgehead atoms. The van der Waals surface area contributed by atoms with E-state index in [4.69, 9.17) is 16.8 Å². The van der Waals surface area contributed by atoms with E-state index in [2.05, 4.69) is 5.16 Å². The van der Waals surface area contributed by atoms with Crippen LogP contribution in [0, 0.1) is 5.92 Å². The third-order valence-electron chi connectivity index (χ3n) is 3.74. The molecule has 1 aliphatic rings. The predicted octanol–water partition coefficient (Wildman–Crippen LogP) is 3.52. The summed E-state index contributed by atoms with van der Waals surface area (Å²) in [4.78, 5) is 0.292. The molecule has 1 saturated carbocycles. The van der Waals surface area contributed by atoms with E-state index in [-0.39, 0.29) is 11.7 Å². The molecule has 0 heterocycles. The van der Waals surface area contributed by atoms with Crippen LogP contribution in [0.3, 0.4) is 0 Å². The molecule has 1 N–H and O–H groups in total. The van der Waals surface area contributed by atoms with Crippen LogP contribution in [-0.2, 0) is 9.84 Å².